The molecule has 1 fully saturated rings. The van der Waals surface area contributed by atoms with Gasteiger partial charge >= 0.3 is 0 Å². The van der Waals surface area contributed by atoms with Crippen LogP contribution in [0, 0.1) is 0 Å². The molecular formula is C16H25NO2. The largest absolute Gasteiger partial charge is 0.394 e. The van der Waals surface area contributed by atoms with Gasteiger partial charge in [0.2, 0.25) is 0 Å². The summed E-state index contributed by atoms with van der Waals surface area (Å²) in [7, 11) is 0. The van der Waals surface area contributed by atoms with E-state index in [4.69, 9.17) is 4.74 Å². The van der Waals surface area contributed by atoms with Crippen LogP contribution in [0.2, 0.25) is 0 Å². The molecular weight excluding hydrogens is 238 g/mol. The predicted octanol–water partition coefficient (Wildman–Crippen LogP) is 2.66. The van der Waals surface area contributed by atoms with E-state index in [1.54, 1.807) is 0 Å². The second-order valence-corrected chi connectivity index (χ2v) is 6.33. The minimum Gasteiger partial charge on any atom is -0.394 e. The van der Waals surface area contributed by atoms with Gasteiger partial charge in [-0.1, -0.05) is 30.3 Å². The fourth-order valence-electron chi connectivity index (χ4n) is 2.52. The normalized spacial score (nSPS) is 24.8. The number of nitrogens with one attached hydrogen (secondary N) is 1. The Kier molecular flexibility index (Phi) is 4.61. The van der Waals surface area contributed by atoms with Crippen LogP contribution >= 0.6 is 0 Å². The van der Waals surface area contributed by atoms with Gasteiger partial charge in [-0.15, -0.1) is 0 Å². The Hall–Kier alpha value is -0.900. The third kappa shape index (κ3) is 4.30. The summed E-state index contributed by atoms with van der Waals surface area (Å²) in [5.74, 6) is 0. The topological polar surface area (TPSA) is 41.5 Å². The number of benzene rings is 1. The maximum absolute atomic E-state index is 9.51. The van der Waals surface area contributed by atoms with E-state index in [0.29, 0.717) is 12.1 Å². The Morgan fingerprint density at radius 3 is 2.42 bits per heavy atom. The second-order valence-electron chi connectivity index (χ2n) is 6.33. The molecule has 2 N–H and O–H groups in total. The van der Waals surface area contributed by atoms with Crippen LogP contribution in [0.25, 0.3) is 0 Å². The summed E-state index contributed by atoms with van der Waals surface area (Å²) in [6.45, 7) is 6.40. The highest BCUT2D eigenvalue weighted by atomic mass is 16.5. The van der Waals surface area contributed by atoms with Crippen molar-refractivity contribution in [3.05, 3.63) is 35.9 Å². The predicted molar refractivity (Wildman–Crippen MR) is 77.1 cm³/mol. The van der Waals surface area contributed by atoms with Gasteiger partial charge in [-0.3, -0.25) is 0 Å². The molecule has 0 aliphatic heterocycles. The van der Waals surface area contributed by atoms with Crippen molar-refractivity contribution in [1.29, 1.82) is 0 Å². The molecule has 19 heavy (non-hydrogen) atoms. The van der Waals surface area contributed by atoms with E-state index in [-0.39, 0.29) is 18.2 Å². The van der Waals surface area contributed by atoms with E-state index >= 15 is 0 Å². The molecule has 0 bridgehead atoms. The number of aliphatic hydroxyl groups is 1. The highest BCUT2D eigenvalue weighted by Crippen LogP contribution is 2.29. The maximum Gasteiger partial charge on any atom is 0.0626 e. The highest BCUT2D eigenvalue weighted by Gasteiger charge is 2.34. The van der Waals surface area contributed by atoms with Gasteiger partial charge in [-0.05, 0) is 39.2 Å². The monoisotopic (exact) mass is 263 g/mol. The van der Waals surface area contributed by atoms with Gasteiger partial charge in [0.15, 0.2) is 0 Å². The number of ether oxygens (including phenoxy) is 1. The maximum atomic E-state index is 9.51. The molecule has 0 spiro atoms. The fourth-order valence-corrected chi connectivity index (χ4v) is 2.52. The summed E-state index contributed by atoms with van der Waals surface area (Å²) in [5.41, 5.74) is 1.08. The lowest BCUT2D eigenvalue weighted by atomic mass is 9.87. The Morgan fingerprint density at radius 2 is 1.89 bits per heavy atom. The van der Waals surface area contributed by atoms with E-state index in [9.17, 15) is 5.11 Å². The van der Waals surface area contributed by atoms with E-state index in [2.05, 4.69) is 38.2 Å². The number of aliphatic hydroxyl groups excluding tert-OH is 1. The smallest absolute Gasteiger partial charge is 0.0626 e. The summed E-state index contributed by atoms with van der Waals surface area (Å²) in [6.07, 6.45) is 2.41. The molecule has 1 aliphatic carbocycles. The standard InChI is InChI=1S/C16H25NO2/c1-16(2,3)19-14-9-13(10-14)17-15(11-18)12-7-5-4-6-8-12/h4-8,13-15,17-18H,9-11H2,1-3H3. The van der Waals surface area contributed by atoms with Crippen molar-refractivity contribution in [2.75, 3.05) is 6.61 Å². The van der Waals surface area contributed by atoms with Gasteiger partial charge in [0.05, 0.1) is 24.4 Å². The van der Waals surface area contributed by atoms with Crippen molar-refractivity contribution in [1.82, 2.24) is 5.32 Å². The van der Waals surface area contributed by atoms with Crippen molar-refractivity contribution in [2.24, 2.45) is 0 Å². The van der Waals surface area contributed by atoms with Crippen LogP contribution in [0.3, 0.4) is 0 Å². The molecule has 1 atom stereocenters. The lowest BCUT2D eigenvalue weighted by Gasteiger charge is -2.41. The molecule has 0 heterocycles. The highest BCUT2D eigenvalue weighted by molar-refractivity contribution is 5.19. The zero-order valence-electron chi connectivity index (χ0n) is 12.1. The molecule has 0 saturated heterocycles. The zero-order chi connectivity index (χ0) is 13.9. The van der Waals surface area contributed by atoms with E-state index in [0.717, 1.165) is 18.4 Å². The number of hydrogen-bond donors (Lipinski definition) is 2. The van der Waals surface area contributed by atoms with E-state index in [1.165, 1.54) is 0 Å². The number of hydrogen-bond acceptors (Lipinski definition) is 3. The van der Waals surface area contributed by atoms with Gasteiger partial charge in [-0.2, -0.15) is 0 Å². The van der Waals surface area contributed by atoms with Gasteiger partial charge in [-0.25, -0.2) is 0 Å². The molecule has 1 aromatic carbocycles. The fraction of sp³-hybridized carbons (Fsp3) is 0.625. The van der Waals surface area contributed by atoms with Crippen molar-refractivity contribution >= 4 is 0 Å². The van der Waals surface area contributed by atoms with Gasteiger partial charge < -0.3 is 15.2 Å². The lowest BCUT2D eigenvalue weighted by Crippen LogP contribution is -2.49. The first-order chi connectivity index (χ1) is 8.98. The lowest BCUT2D eigenvalue weighted by molar-refractivity contribution is -0.104. The van der Waals surface area contributed by atoms with Crippen LogP contribution in [0.4, 0.5) is 0 Å². The molecule has 1 aromatic rings. The quantitative estimate of drug-likeness (QED) is 0.858. The molecule has 0 aromatic heterocycles. The molecule has 3 heteroatoms. The van der Waals surface area contributed by atoms with Crippen molar-refractivity contribution < 1.29 is 9.84 Å². The minimum atomic E-state index is -0.0640. The Morgan fingerprint density at radius 1 is 1.26 bits per heavy atom. The summed E-state index contributed by atoms with van der Waals surface area (Å²) >= 11 is 0. The second kappa shape index (κ2) is 6.04. The first kappa shape index (κ1) is 14.5. The summed E-state index contributed by atoms with van der Waals surface area (Å²) in [6, 6.07) is 10.6. The average Bonchev–Trinajstić information content (AvgIpc) is 2.31. The minimum absolute atomic E-state index is 0.0294. The van der Waals surface area contributed by atoms with Gasteiger partial charge in [0.25, 0.3) is 0 Å². The van der Waals surface area contributed by atoms with Crippen molar-refractivity contribution in [3.63, 3.8) is 0 Å². The molecule has 106 valence electrons. The molecule has 0 amide bonds. The summed E-state index contributed by atoms with van der Waals surface area (Å²) in [4.78, 5) is 0. The van der Waals surface area contributed by atoms with Crippen LogP contribution < -0.4 is 5.32 Å². The van der Waals surface area contributed by atoms with E-state index < -0.39 is 0 Å². The van der Waals surface area contributed by atoms with Crippen molar-refractivity contribution in [2.45, 2.75) is 57.4 Å². The Labute approximate surface area is 116 Å². The van der Waals surface area contributed by atoms with Crippen LogP contribution in [0.15, 0.2) is 30.3 Å². The molecule has 0 radical (unpaired) electrons. The van der Waals surface area contributed by atoms with Crippen LogP contribution in [-0.2, 0) is 4.74 Å². The third-order valence-electron chi connectivity index (χ3n) is 3.44. The van der Waals surface area contributed by atoms with Gasteiger partial charge in [0, 0.05) is 6.04 Å². The molecule has 1 saturated carbocycles. The average molecular weight is 263 g/mol. The van der Waals surface area contributed by atoms with E-state index in [1.807, 2.05) is 18.2 Å². The summed E-state index contributed by atoms with van der Waals surface area (Å²) < 4.78 is 5.92. The SMILES string of the molecule is CC(C)(C)OC1CC(NC(CO)c2ccccc2)C1. The van der Waals surface area contributed by atoms with Crippen LogP contribution in [-0.4, -0.2) is 29.5 Å². The van der Waals surface area contributed by atoms with Crippen LogP contribution in [0.1, 0.15) is 45.2 Å². The first-order valence-corrected chi connectivity index (χ1v) is 7.07. The number of rotatable bonds is 5. The molecule has 1 unspecified atom stereocenters. The zero-order valence-corrected chi connectivity index (χ0v) is 12.1. The Bertz CT molecular complexity index is 379. The van der Waals surface area contributed by atoms with Crippen LogP contribution in [0.5, 0.6) is 0 Å². The van der Waals surface area contributed by atoms with Gasteiger partial charge in [0.1, 0.15) is 0 Å². The van der Waals surface area contributed by atoms with Crippen molar-refractivity contribution in [3.8, 4) is 0 Å². The first-order valence-electron chi connectivity index (χ1n) is 7.07. The molecule has 2 rings (SSSR count). The molecule has 1 aliphatic rings. The Balaban J connectivity index is 1.80. The molecule has 3 nitrogen and oxygen atoms in total. The summed E-state index contributed by atoms with van der Waals surface area (Å²) in [5, 5.41) is 13.0. The third-order valence-corrected chi connectivity index (χ3v) is 3.44.